The van der Waals surface area contributed by atoms with Crippen LogP contribution >= 0.6 is 0 Å². The van der Waals surface area contributed by atoms with Crippen molar-refractivity contribution in [3.8, 4) is 17.0 Å². The summed E-state index contributed by atoms with van der Waals surface area (Å²) in [6, 6.07) is 14.3. The Morgan fingerprint density at radius 1 is 1.08 bits per heavy atom. The Balaban J connectivity index is 1.81. The number of rotatable bonds is 16. The number of aromatic nitrogens is 3. The van der Waals surface area contributed by atoms with Crippen LogP contribution in [0.25, 0.3) is 11.3 Å². The van der Waals surface area contributed by atoms with Gasteiger partial charge in [0, 0.05) is 26.4 Å². The van der Waals surface area contributed by atoms with Gasteiger partial charge >= 0.3 is 5.97 Å². The molecular weight excluding hydrogens is 672 g/mol. The van der Waals surface area contributed by atoms with E-state index in [9.17, 15) is 22.4 Å². The van der Waals surface area contributed by atoms with Gasteiger partial charge < -0.3 is 25.3 Å². The molecule has 1 amide bonds. The number of esters is 1. The van der Waals surface area contributed by atoms with Gasteiger partial charge in [-0.25, -0.2) is 27.3 Å². The number of benzene rings is 2. The number of ether oxygens (including phenoxy) is 3. The third kappa shape index (κ3) is 9.87. The maximum atomic E-state index is 13.6. The minimum atomic E-state index is -3.70. The summed E-state index contributed by atoms with van der Waals surface area (Å²) in [5.41, 5.74) is 7.53. The summed E-state index contributed by atoms with van der Waals surface area (Å²) in [7, 11) is -3.85. The molecule has 0 saturated heterocycles. The SMILES string of the molecule is CCS(=O)(=O)Nc1ccc(-c2nn(COCC[Si](C)(C)C)c(Nc3ccc(C(=O)OC)cn3)c2C(N)=O)cc1O[C@@H](C)c1ccc(F)cc1. The van der Waals surface area contributed by atoms with E-state index < -0.39 is 41.9 Å². The van der Waals surface area contributed by atoms with Crippen LogP contribution in [-0.2, 0) is 26.2 Å². The predicted octanol–water partition coefficient (Wildman–Crippen LogP) is 5.93. The first kappa shape index (κ1) is 37.0. The third-order valence-electron chi connectivity index (χ3n) is 7.38. The van der Waals surface area contributed by atoms with Gasteiger partial charge in [0.1, 0.15) is 47.3 Å². The van der Waals surface area contributed by atoms with Gasteiger partial charge in [-0.3, -0.25) is 9.52 Å². The molecule has 0 aliphatic rings. The highest BCUT2D eigenvalue weighted by molar-refractivity contribution is 7.92. The summed E-state index contributed by atoms with van der Waals surface area (Å²) in [5, 5.41) is 7.79. The molecular formula is C33H41FN6O7SSi. The molecule has 0 aliphatic heterocycles. The molecule has 0 bridgehead atoms. The smallest absolute Gasteiger partial charge is 0.339 e. The van der Waals surface area contributed by atoms with Crippen LogP contribution in [0.3, 0.4) is 0 Å². The van der Waals surface area contributed by atoms with E-state index in [1.807, 2.05) is 0 Å². The van der Waals surface area contributed by atoms with E-state index >= 15 is 0 Å². The zero-order valence-corrected chi connectivity index (χ0v) is 30.1. The number of sulfonamides is 1. The van der Waals surface area contributed by atoms with E-state index in [2.05, 4.69) is 34.7 Å². The van der Waals surface area contributed by atoms with Crippen molar-refractivity contribution in [1.82, 2.24) is 14.8 Å². The first-order valence-corrected chi connectivity index (χ1v) is 20.8. The van der Waals surface area contributed by atoms with Crippen molar-refractivity contribution in [2.75, 3.05) is 29.5 Å². The number of halogens is 1. The molecule has 262 valence electrons. The number of anilines is 3. The number of nitrogens with two attached hydrogens (primary N) is 1. The summed E-state index contributed by atoms with van der Waals surface area (Å²) in [6.45, 7) is 10.4. The number of primary amides is 1. The molecule has 4 rings (SSSR count). The summed E-state index contributed by atoms with van der Waals surface area (Å²) < 4.78 is 59.6. The zero-order valence-electron chi connectivity index (χ0n) is 28.2. The van der Waals surface area contributed by atoms with Crippen LogP contribution in [0, 0.1) is 5.82 Å². The van der Waals surface area contributed by atoms with Gasteiger partial charge in [0.15, 0.2) is 0 Å². The molecule has 1 atom stereocenters. The molecule has 0 spiro atoms. The highest BCUT2D eigenvalue weighted by Crippen LogP contribution is 2.37. The van der Waals surface area contributed by atoms with Gasteiger partial charge in [0.25, 0.3) is 5.91 Å². The highest BCUT2D eigenvalue weighted by atomic mass is 32.2. The van der Waals surface area contributed by atoms with Crippen LogP contribution in [0.5, 0.6) is 5.75 Å². The maximum Gasteiger partial charge on any atom is 0.339 e. The highest BCUT2D eigenvalue weighted by Gasteiger charge is 2.26. The molecule has 0 unspecified atom stereocenters. The molecule has 2 aromatic carbocycles. The van der Waals surface area contributed by atoms with Gasteiger partial charge in [0.2, 0.25) is 10.0 Å². The van der Waals surface area contributed by atoms with Gasteiger partial charge in [-0.1, -0.05) is 37.8 Å². The summed E-state index contributed by atoms with van der Waals surface area (Å²) >= 11 is 0. The molecule has 0 radical (unpaired) electrons. The normalized spacial score (nSPS) is 12.3. The Morgan fingerprint density at radius 3 is 2.39 bits per heavy atom. The number of nitrogens with one attached hydrogen (secondary N) is 2. The molecule has 0 fully saturated rings. The fourth-order valence-corrected chi connectivity index (χ4v) is 5.96. The number of methoxy groups -OCH3 is 1. The third-order valence-corrected chi connectivity index (χ3v) is 10.4. The largest absolute Gasteiger partial charge is 0.484 e. The molecule has 2 aromatic heterocycles. The lowest BCUT2D eigenvalue weighted by Gasteiger charge is -2.19. The van der Waals surface area contributed by atoms with E-state index in [0.717, 1.165) is 6.04 Å². The van der Waals surface area contributed by atoms with Gasteiger partial charge in [-0.05, 0) is 61.9 Å². The van der Waals surface area contributed by atoms with Crippen LogP contribution in [0.2, 0.25) is 25.7 Å². The second kappa shape index (κ2) is 15.6. The second-order valence-corrected chi connectivity index (χ2v) is 20.0. The number of hydrogen-bond donors (Lipinski definition) is 3. The predicted molar refractivity (Wildman–Crippen MR) is 188 cm³/mol. The van der Waals surface area contributed by atoms with Crippen LogP contribution in [0.1, 0.15) is 46.2 Å². The molecule has 0 aliphatic carbocycles. The zero-order chi connectivity index (χ0) is 35.9. The van der Waals surface area contributed by atoms with Crippen LogP contribution in [-0.4, -0.2) is 62.6 Å². The molecule has 16 heteroatoms. The van der Waals surface area contributed by atoms with E-state index in [1.165, 1.54) is 55.2 Å². The summed E-state index contributed by atoms with van der Waals surface area (Å²) in [4.78, 5) is 29.3. The topological polar surface area (TPSA) is 177 Å². The van der Waals surface area contributed by atoms with Gasteiger partial charge in [0.05, 0.1) is 24.1 Å². The van der Waals surface area contributed by atoms with E-state index in [-0.39, 0.29) is 52.4 Å². The average molecular weight is 713 g/mol. The number of hydrogen-bond acceptors (Lipinski definition) is 10. The van der Waals surface area contributed by atoms with Crippen molar-refractivity contribution in [2.45, 2.75) is 52.4 Å². The quantitative estimate of drug-likeness (QED) is 0.0717. The van der Waals surface area contributed by atoms with Crippen LogP contribution < -0.4 is 20.5 Å². The first-order valence-electron chi connectivity index (χ1n) is 15.5. The Labute approximate surface area is 286 Å². The summed E-state index contributed by atoms with van der Waals surface area (Å²) in [6.07, 6.45) is 0.705. The van der Waals surface area contributed by atoms with E-state index in [0.29, 0.717) is 17.7 Å². The van der Waals surface area contributed by atoms with Gasteiger partial charge in [-0.2, -0.15) is 5.10 Å². The molecule has 4 aromatic rings. The van der Waals surface area contributed by atoms with Crippen molar-refractivity contribution < 1.29 is 36.6 Å². The fraction of sp³-hybridized carbons (Fsp3) is 0.333. The minimum Gasteiger partial charge on any atom is -0.484 e. The number of pyridine rings is 1. The van der Waals surface area contributed by atoms with E-state index in [4.69, 9.17) is 25.0 Å². The monoisotopic (exact) mass is 712 g/mol. The molecule has 2 heterocycles. The molecule has 4 N–H and O–H groups in total. The lowest BCUT2D eigenvalue weighted by atomic mass is 10.1. The molecule has 49 heavy (non-hydrogen) atoms. The Bertz CT molecular complexity index is 1900. The number of amides is 1. The number of carbonyl (C=O) groups excluding carboxylic acids is 2. The van der Waals surface area contributed by atoms with Crippen molar-refractivity contribution in [3.63, 3.8) is 0 Å². The molecule has 0 saturated carbocycles. The first-order chi connectivity index (χ1) is 23.1. The van der Waals surface area contributed by atoms with Crippen LogP contribution in [0.4, 0.5) is 21.7 Å². The number of nitrogens with zero attached hydrogens (tertiary/aromatic N) is 3. The maximum absolute atomic E-state index is 13.6. The standard InChI is InChI=1S/C33H41FN6O7SSi/c1-7-48(43,44)39-26-14-10-23(18-27(26)47-21(2)22-8-12-25(34)13-9-22)30-29(31(35)41)32(40(38-30)20-46-16-17-49(4,5)6)37-28-15-11-24(19-36-28)33(42)45-3/h8-15,18-19,21,39H,7,16-17,20H2,1-6H3,(H2,35,41)(H,36,37)/t21-/m0/s1. The Kier molecular flexibility index (Phi) is 11.8. The molecule has 13 nitrogen and oxygen atoms in total. The van der Waals surface area contributed by atoms with Gasteiger partial charge in [-0.15, -0.1) is 0 Å². The summed E-state index contributed by atoms with van der Waals surface area (Å²) in [5.74, 6) is -1.35. The van der Waals surface area contributed by atoms with Crippen molar-refractivity contribution in [3.05, 3.63) is 83.3 Å². The van der Waals surface area contributed by atoms with Crippen molar-refractivity contribution in [1.29, 1.82) is 0 Å². The lowest BCUT2D eigenvalue weighted by molar-refractivity contribution is 0.0600. The lowest BCUT2D eigenvalue weighted by Crippen LogP contribution is -2.22. The fourth-order valence-electron chi connectivity index (χ4n) is 4.56. The second-order valence-electron chi connectivity index (χ2n) is 12.4. The minimum absolute atomic E-state index is 0.00654. The van der Waals surface area contributed by atoms with Crippen LogP contribution in [0.15, 0.2) is 60.8 Å². The number of carbonyl (C=O) groups is 2. The average Bonchev–Trinajstić information content (AvgIpc) is 3.41. The Morgan fingerprint density at radius 2 is 1.80 bits per heavy atom. The van der Waals surface area contributed by atoms with Crippen molar-refractivity contribution >= 4 is 47.3 Å². The Hall–Kier alpha value is -4.80. The van der Waals surface area contributed by atoms with E-state index in [1.54, 1.807) is 31.2 Å². The van der Waals surface area contributed by atoms with Crippen molar-refractivity contribution in [2.24, 2.45) is 5.73 Å².